The van der Waals surface area contributed by atoms with Crippen molar-refractivity contribution in [3.8, 4) is 5.75 Å². The molecule has 0 bridgehead atoms. The number of nitrogens with two attached hydrogens (primary N) is 1. The zero-order valence-electron chi connectivity index (χ0n) is 10.7. The van der Waals surface area contributed by atoms with Gasteiger partial charge in [-0.15, -0.1) is 0 Å². The fourth-order valence-electron chi connectivity index (χ4n) is 1.69. The van der Waals surface area contributed by atoms with Crippen LogP contribution in [0.5, 0.6) is 5.75 Å². The summed E-state index contributed by atoms with van der Waals surface area (Å²) in [5, 5.41) is 0. The molecule has 0 fully saturated rings. The van der Waals surface area contributed by atoms with Gasteiger partial charge in [0.15, 0.2) is 17.5 Å². The number of hydrogen-bond donors (Lipinski definition) is 1. The van der Waals surface area contributed by atoms with Gasteiger partial charge in [-0.05, 0) is 35.4 Å². The third-order valence-electron chi connectivity index (χ3n) is 2.76. The number of hydrogen-bond acceptors (Lipinski definition) is 2. The van der Waals surface area contributed by atoms with E-state index in [1.165, 1.54) is 13.2 Å². The van der Waals surface area contributed by atoms with E-state index in [0.717, 1.165) is 12.1 Å². The summed E-state index contributed by atoms with van der Waals surface area (Å²) in [4.78, 5) is 0. The van der Waals surface area contributed by atoms with E-state index in [-0.39, 0.29) is 5.56 Å². The minimum atomic E-state index is -1.48. The van der Waals surface area contributed by atoms with E-state index < -0.39 is 17.5 Å². The summed E-state index contributed by atoms with van der Waals surface area (Å²) in [6.45, 7) is 0. The Bertz CT molecular complexity index is 645. The maximum Gasteiger partial charge on any atom is 0.194 e. The normalized spacial score (nSPS) is 11.0. The lowest BCUT2D eigenvalue weighted by Crippen LogP contribution is -1.92. The zero-order valence-corrected chi connectivity index (χ0v) is 10.7. The Morgan fingerprint density at radius 2 is 1.65 bits per heavy atom. The molecule has 0 unspecified atom stereocenters. The molecule has 2 N–H and O–H groups in total. The molecule has 0 aliphatic carbocycles. The van der Waals surface area contributed by atoms with Crippen LogP contribution in [0.15, 0.2) is 30.3 Å². The third-order valence-corrected chi connectivity index (χ3v) is 2.76. The van der Waals surface area contributed by atoms with Crippen LogP contribution in [0.3, 0.4) is 0 Å². The zero-order chi connectivity index (χ0) is 14.7. The van der Waals surface area contributed by atoms with Crippen molar-refractivity contribution in [3.63, 3.8) is 0 Å². The quantitative estimate of drug-likeness (QED) is 0.526. The van der Waals surface area contributed by atoms with Gasteiger partial charge in [0.25, 0.3) is 0 Å². The van der Waals surface area contributed by atoms with Gasteiger partial charge in [0.1, 0.15) is 5.75 Å². The van der Waals surface area contributed by atoms with Crippen molar-refractivity contribution in [2.45, 2.75) is 0 Å². The fraction of sp³-hybridized carbons (Fsp3) is 0.0667. The molecule has 0 saturated heterocycles. The highest BCUT2D eigenvalue weighted by atomic mass is 19.2. The molecule has 0 saturated carbocycles. The smallest absolute Gasteiger partial charge is 0.194 e. The first-order chi connectivity index (χ1) is 9.51. The highest BCUT2D eigenvalue weighted by molar-refractivity contribution is 5.76. The third kappa shape index (κ3) is 2.93. The van der Waals surface area contributed by atoms with Gasteiger partial charge in [0, 0.05) is 11.8 Å². The lowest BCUT2D eigenvalue weighted by Gasteiger charge is -2.04. The molecule has 20 heavy (non-hydrogen) atoms. The van der Waals surface area contributed by atoms with Gasteiger partial charge in [-0.25, -0.2) is 13.2 Å². The van der Waals surface area contributed by atoms with Crippen LogP contribution < -0.4 is 10.5 Å². The Balaban J connectivity index is 2.30. The van der Waals surface area contributed by atoms with Crippen molar-refractivity contribution in [1.82, 2.24) is 0 Å². The topological polar surface area (TPSA) is 35.2 Å². The van der Waals surface area contributed by atoms with Crippen LogP contribution in [0, 0.1) is 17.5 Å². The molecule has 0 radical (unpaired) electrons. The van der Waals surface area contributed by atoms with Gasteiger partial charge in [0.2, 0.25) is 0 Å². The van der Waals surface area contributed by atoms with E-state index in [1.807, 2.05) is 0 Å². The van der Waals surface area contributed by atoms with Gasteiger partial charge in [-0.1, -0.05) is 12.2 Å². The molecule has 0 amide bonds. The van der Waals surface area contributed by atoms with Gasteiger partial charge in [-0.2, -0.15) is 0 Å². The van der Waals surface area contributed by atoms with Crippen LogP contribution in [0.2, 0.25) is 0 Å². The summed E-state index contributed by atoms with van der Waals surface area (Å²) >= 11 is 0. The Morgan fingerprint density at radius 1 is 1.00 bits per heavy atom. The van der Waals surface area contributed by atoms with Crippen molar-refractivity contribution >= 4 is 17.8 Å². The highest BCUT2D eigenvalue weighted by Gasteiger charge is 2.09. The van der Waals surface area contributed by atoms with E-state index in [1.54, 1.807) is 24.3 Å². The van der Waals surface area contributed by atoms with Crippen molar-refractivity contribution in [2.75, 3.05) is 12.8 Å². The first-order valence-corrected chi connectivity index (χ1v) is 5.77. The van der Waals surface area contributed by atoms with Gasteiger partial charge < -0.3 is 10.5 Å². The second-order valence-corrected chi connectivity index (χ2v) is 4.13. The van der Waals surface area contributed by atoms with E-state index in [2.05, 4.69) is 0 Å². The van der Waals surface area contributed by atoms with Crippen LogP contribution in [-0.2, 0) is 0 Å². The van der Waals surface area contributed by atoms with Crippen molar-refractivity contribution in [2.24, 2.45) is 0 Å². The summed E-state index contributed by atoms with van der Waals surface area (Å²) in [7, 11) is 1.52. The minimum Gasteiger partial charge on any atom is -0.497 e. The predicted molar refractivity (Wildman–Crippen MR) is 72.7 cm³/mol. The molecule has 0 atom stereocenters. The van der Waals surface area contributed by atoms with Gasteiger partial charge >= 0.3 is 0 Å². The second kappa shape index (κ2) is 5.69. The number of ether oxygens (including phenoxy) is 1. The van der Waals surface area contributed by atoms with Crippen LogP contribution >= 0.6 is 0 Å². The molecule has 0 spiro atoms. The van der Waals surface area contributed by atoms with Crippen LogP contribution in [0.25, 0.3) is 12.2 Å². The molecule has 0 aliphatic rings. The molecule has 0 heterocycles. The number of anilines is 1. The van der Waals surface area contributed by atoms with E-state index in [9.17, 15) is 13.2 Å². The number of nitrogen functional groups attached to an aromatic ring is 1. The second-order valence-electron chi connectivity index (χ2n) is 4.13. The SMILES string of the molecule is COc1ccc(/C=C\c2cc(F)c(F)c(F)c2)c(N)c1. The van der Waals surface area contributed by atoms with Crippen LogP contribution in [-0.4, -0.2) is 7.11 Å². The molecule has 0 aliphatic heterocycles. The summed E-state index contributed by atoms with van der Waals surface area (Å²) < 4.78 is 43.9. The van der Waals surface area contributed by atoms with E-state index in [4.69, 9.17) is 10.5 Å². The molecule has 0 aromatic heterocycles. The summed E-state index contributed by atoms with van der Waals surface area (Å²) in [6, 6.07) is 6.87. The Morgan fingerprint density at radius 3 is 2.20 bits per heavy atom. The van der Waals surface area contributed by atoms with Gasteiger partial charge in [0.05, 0.1) is 7.11 Å². The summed E-state index contributed by atoms with van der Waals surface area (Å²) in [5.74, 6) is -3.33. The molecular weight excluding hydrogens is 267 g/mol. The maximum absolute atomic E-state index is 13.1. The fourth-order valence-corrected chi connectivity index (χ4v) is 1.69. The summed E-state index contributed by atoms with van der Waals surface area (Å²) in [5.41, 5.74) is 7.14. The largest absolute Gasteiger partial charge is 0.497 e. The number of benzene rings is 2. The van der Waals surface area contributed by atoms with Crippen molar-refractivity contribution in [3.05, 3.63) is 58.9 Å². The molecular formula is C15H12F3NO. The molecule has 2 rings (SSSR count). The van der Waals surface area contributed by atoms with Crippen LogP contribution in [0.1, 0.15) is 11.1 Å². The van der Waals surface area contributed by atoms with Gasteiger partial charge in [-0.3, -0.25) is 0 Å². The van der Waals surface area contributed by atoms with E-state index >= 15 is 0 Å². The predicted octanol–water partition coefficient (Wildman–Crippen LogP) is 3.87. The van der Waals surface area contributed by atoms with E-state index in [0.29, 0.717) is 17.0 Å². The molecule has 104 valence electrons. The standard InChI is InChI=1S/C15H12F3NO/c1-20-11-5-4-10(14(19)8-11)3-2-9-6-12(16)15(18)13(17)7-9/h2-8H,19H2,1H3/b3-2-. The lowest BCUT2D eigenvalue weighted by atomic mass is 10.1. The number of methoxy groups -OCH3 is 1. The lowest BCUT2D eigenvalue weighted by molar-refractivity contribution is 0.415. The highest BCUT2D eigenvalue weighted by Crippen LogP contribution is 2.22. The Kier molecular flexibility index (Phi) is 3.98. The van der Waals surface area contributed by atoms with Crippen molar-refractivity contribution < 1.29 is 17.9 Å². The average molecular weight is 279 g/mol. The summed E-state index contributed by atoms with van der Waals surface area (Å²) in [6.07, 6.45) is 3.03. The monoisotopic (exact) mass is 279 g/mol. The number of rotatable bonds is 3. The maximum atomic E-state index is 13.1. The van der Waals surface area contributed by atoms with Crippen molar-refractivity contribution in [1.29, 1.82) is 0 Å². The molecule has 2 nitrogen and oxygen atoms in total. The Hall–Kier alpha value is -2.43. The first kappa shape index (κ1) is 14.0. The Labute approximate surface area is 114 Å². The molecule has 2 aromatic carbocycles. The minimum absolute atomic E-state index is 0.205. The average Bonchev–Trinajstić information content (AvgIpc) is 2.43. The molecule has 5 heteroatoms. The van der Waals surface area contributed by atoms with Crippen LogP contribution in [0.4, 0.5) is 18.9 Å². The molecule has 2 aromatic rings. The first-order valence-electron chi connectivity index (χ1n) is 5.77. The number of halogens is 3.